The van der Waals surface area contributed by atoms with Gasteiger partial charge in [0.2, 0.25) is 15.9 Å². The summed E-state index contributed by atoms with van der Waals surface area (Å²) in [6, 6.07) is 14.4. The van der Waals surface area contributed by atoms with Crippen LogP contribution in [0.5, 0.6) is 0 Å². The molecule has 2 amide bonds. The van der Waals surface area contributed by atoms with Gasteiger partial charge in [-0.15, -0.1) is 0 Å². The molecule has 1 saturated carbocycles. The molecule has 0 spiro atoms. The van der Waals surface area contributed by atoms with E-state index in [1.807, 2.05) is 30.3 Å². The molecule has 0 radical (unpaired) electrons. The first-order chi connectivity index (χ1) is 18.3. The zero-order valence-corrected chi connectivity index (χ0v) is 23.7. The summed E-state index contributed by atoms with van der Waals surface area (Å²) in [5.41, 5.74) is 1.67. The van der Waals surface area contributed by atoms with Gasteiger partial charge >= 0.3 is 6.09 Å². The van der Waals surface area contributed by atoms with Crippen molar-refractivity contribution in [2.75, 3.05) is 7.05 Å². The Morgan fingerprint density at radius 3 is 2.33 bits per heavy atom. The van der Waals surface area contributed by atoms with Crippen molar-refractivity contribution >= 4 is 22.0 Å². The highest BCUT2D eigenvalue weighted by molar-refractivity contribution is 7.89. The van der Waals surface area contributed by atoms with Gasteiger partial charge in [-0.1, -0.05) is 49.6 Å². The Morgan fingerprint density at radius 1 is 1.08 bits per heavy atom. The average Bonchev–Trinajstić information content (AvgIpc) is 3.10. The Morgan fingerprint density at radius 2 is 1.72 bits per heavy atom. The lowest BCUT2D eigenvalue weighted by Gasteiger charge is -2.37. The third-order valence-corrected chi connectivity index (χ3v) is 9.12. The average molecular weight is 553 g/mol. The predicted molar refractivity (Wildman–Crippen MR) is 147 cm³/mol. The molecule has 0 saturated heterocycles. The summed E-state index contributed by atoms with van der Waals surface area (Å²) < 4.78 is 31.4. The van der Waals surface area contributed by atoms with Crippen molar-refractivity contribution < 1.29 is 22.7 Å². The summed E-state index contributed by atoms with van der Waals surface area (Å²) in [4.78, 5) is 26.3. The molecule has 0 aromatic heterocycles. The minimum absolute atomic E-state index is 0.304. The van der Waals surface area contributed by atoms with E-state index >= 15 is 0 Å². The lowest BCUT2D eigenvalue weighted by atomic mass is 9.80. The first kappa shape index (κ1) is 28.6. The Balaban J connectivity index is 1.44. The number of ether oxygens (including phenoxy) is 1. The van der Waals surface area contributed by atoms with E-state index in [0.29, 0.717) is 30.7 Å². The topological polar surface area (TPSA) is 129 Å². The summed E-state index contributed by atoms with van der Waals surface area (Å²) in [6.07, 6.45) is 3.22. The van der Waals surface area contributed by atoms with E-state index in [2.05, 4.69) is 16.7 Å². The van der Waals surface area contributed by atoms with Crippen LogP contribution in [0, 0.1) is 11.3 Å². The molecule has 2 aromatic carbocycles. The molecule has 0 bridgehead atoms. The van der Waals surface area contributed by atoms with Crippen LogP contribution >= 0.6 is 0 Å². The van der Waals surface area contributed by atoms with Gasteiger partial charge in [-0.3, -0.25) is 4.79 Å². The van der Waals surface area contributed by atoms with Gasteiger partial charge in [0.05, 0.1) is 11.0 Å². The summed E-state index contributed by atoms with van der Waals surface area (Å²) in [5, 5.41) is 15.5. The van der Waals surface area contributed by atoms with Crippen molar-refractivity contribution in [3.8, 4) is 17.2 Å². The van der Waals surface area contributed by atoms with Crippen LogP contribution < -0.4 is 10.6 Å². The zero-order chi connectivity index (χ0) is 28.4. The fraction of sp³-hybridized carbons (Fsp3) is 0.483. The Bertz CT molecular complexity index is 1380. The molecule has 2 N–H and O–H groups in total. The molecule has 1 fully saturated rings. The number of fused-ring (bicyclic) bond motifs is 1. The monoisotopic (exact) mass is 552 g/mol. The van der Waals surface area contributed by atoms with Crippen molar-refractivity contribution in [1.29, 1.82) is 5.26 Å². The largest absolute Gasteiger partial charge is 0.444 e. The minimum atomic E-state index is -3.41. The molecule has 10 heteroatoms. The van der Waals surface area contributed by atoms with Crippen molar-refractivity contribution in [1.82, 2.24) is 14.9 Å². The van der Waals surface area contributed by atoms with Gasteiger partial charge < -0.3 is 15.4 Å². The van der Waals surface area contributed by atoms with Crippen LogP contribution in [0.2, 0.25) is 0 Å². The molecule has 0 unspecified atom stereocenters. The maximum atomic E-state index is 13.4. The standard InChI is InChI=1S/C29H36N4O5S/c1-28(2,3)38-27(35)32-29(14-6-5-7-15-29)26(34)31-24(18-30)16-20-8-10-21(11-9-20)22-12-13-25-23(17-22)19-33(4)39(25,36)37/h8-13,17,24H,5-7,14-16,19H2,1-4H3,(H,31,34)(H,32,35)/t24-/m0/s1. The van der Waals surface area contributed by atoms with Gasteiger partial charge in [-0.25, -0.2) is 13.2 Å². The second-order valence-electron chi connectivity index (χ2n) is 11.4. The molecule has 1 aliphatic heterocycles. The fourth-order valence-electron chi connectivity index (χ4n) is 5.18. The molecule has 1 atom stereocenters. The summed E-state index contributed by atoms with van der Waals surface area (Å²) in [6.45, 7) is 5.65. The van der Waals surface area contributed by atoms with Crippen LogP contribution in [0.1, 0.15) is 64.0 Å². The van der Waals surface area contributed by atoms with E-state index < -0.39 is 33.3 Å². The molecule has 1 aliphatic carbocycles. The van der Waals surface area contributed by atoms with Crippen molar-refractivity contribution in [2.45, 2.75) is 87.9 Å². The molecule has 9 nitrogen and oxygen atoms in total. The van der Waals surface area contributed by atoms with Crippen LogP contribution in [0.3, 0.4) is 0 Å². The molecule has 208 valence electrons. The number of sulfonamides is 1. The number of nitrogens with one attached hydrogen (secondary N) is 2. The van der Waals surface area contributed by atoms with E-state index in [-0.39, 0.29) is 5.91 Å². The number of nitrogens with zero attached hydrogens (tertiary/aromatic N) is 2. The van der Waals surface area contributed by atoms with Gasteiger partial charge in [0.25, 0.3) is 0 Å². The van der Waals surface area contributed by atoms with E-state index in [9.17, 15) is 23.3 Å². The minimum Gasteiger partial charge on any atom is -0.444 e. The normalized spacial score (nSPS) is 18.8. The third kappa shape index (κ3) is 6.43. The number of rotatable bonds is 6. The molecular formula is C29H36N4O5S. The van der Waals surface area contributed by atoms with Crippen LogP contribution in [-0.4, -0.2) is 49.0 Å². The van der Waals surface area contributed by atoms with Gasteiger partial charge in [0, 0.05) is 20.0 Å². The number of alkyl carbamates (subject to hydrolysis) is 1. The maximum absolute atomic E-state index is 13.4. The smallest absolute Gasteiger partial charge is 0.408 e. The molecule has 2 aliphatic rings. The van der Waals surface area contributed by atoms with E-state index in [1.54, 1.807) is 40.0 Å². The highest BCUT2D eigenvalue weighted by atomic mass is 32.2. The van der Waals surface area contributed by atoms with E-state index in [1.165, 1.54) is 4.31 Å². The van der Waals surface area contributed by atoms with Gasteiger partial charge in [-0.05, 0) is 68.0 Å². The molecule has 1 heterocycles. The second kappa shape index (κ2) is 11.0. The van der Waals surface area contributed by atoms with Crippen molar-refractivity contribution in [3.05, 3.63) is 53.6 Å². The Hall–Kier alpha value is -3.42. The Kier molecular flexibility index (Phi) is 8.05. The molecule has 2 aromatic rings. The van der Waals surface area contributed by atoms with Crippen LogP contribution in [0.15, 0.2) is 47.4 Å². The van der Waals surface area contributed by atoms with Gasteiger partial charge in [0.15, 0.2) is 0 Å². The lowest BCUT2D eigenvalue weighted by Crippen LogP contribution is -2.61. The van der Waals surface area contributed by atoms with Crippen LogP contribution in [-0.2, 0) is 32.5 Å². The highest BCUT2D eigenvalue weighted by Gasteiger charge is 2.42. The number of benzene rings is 2. The summed E-state index contributed by atoms with van der Waals surface area (Å²) in [5.74, 6) is -0.366. The molecule has 4 rings (SSSR count). The van der Waals surface area contributed by atoms with E-state index in [0.717, 1.165) is 41.5 Å². The fourth-order valence-corrected chi connectivity index (χ4v) is 6.52. The first-order valence-electron chi connectivity index (χ1n) is 13.2. The third-order valence-electron chi connectivity index (χ3n) is 7.21. The SMILES string of the molecule is CN1Cc2cc(-c3ccc(C[C@@H](C#N)NC(=O)C4(NC(=O)OC(C)(C)C)CCCCC4)cc3)ccc2S1(=O)=O. The number of hydrogen-bond donors (Lipinski definition) is 2. The lowest BCUT2D eigenvalue weighted by molar-refractivity contribution is -0.129. The zero-order valence-electron chi connectivity index (χ0n) is 22.9. The quantitative estimate of drug-likeness (QED) is 0.551. The number of carbonyl (C=O) groups is 2. The number of amides is 2. The second-order valence-corrected chi connectivity index (χ2v) is 13.4. The summed E-state index contributed by atoms with van der Waals surface area (Å²) in [7, 11) is -1.84. The van der Waals surface area contributed by atoms with E-state index in [4.69, 9.17) is 4.74 Å². The van der Waals surface area contributed by atoms with Crippen molar-refractivity contribution in [3.63, 3.8) is 0 Å². The number of carbonyl (C=O) groups excluding carboxylic acids is 2. The summed E-state index contributed by atoms with van der Waals surface area (Å²) >= 11 is 0. The number of hydrogen-bond acceptors (Lipinski definition) is 6. The van der Waals surface area contributed by atoms with Gasteiger partial charge in [0.1, 0.15) is 17.2 Å². The van der Waals surface area contributed by atoms with Crippen LogP contribution in [0.4, 0.5) is 4.79 Å². The van der Waals surface area contributed by atoms with Crippen LogP contribution in [0.25, 0.3) is 11.1 Å². The number of nitriles is 1. The maximum Gasteiger partial charge on any atom is 0.408 e. The molecule has 39 heavy (non-hydrogen) atoms. The highest BCUT2D eigenvalue weighted by Crippen LogP contribution is 2.33. The molecular weight excluding hydrogens is 516 g/mol. The van der Waals surface area contributed by atoms with Gasteiger partial charge in [-0.2, -0.15) is 9.57 Å². The first-order valence-corrected chi connectivity index (χ1v) is 14.7. The predicted octanol–water partition coefficient (Wildman–Crippen LogP) is 4.27. The Labute approximate surface area is 230 Å². The van der Waals surface area contributed by atoms with Crippen molar-refractivity contribution in [2.24, 2.45) is 0 Å².